The Morgan fingerprint density at radius 1 is 0.778 bits per heavy atom. The normalized spacial score (nSPS) is 12.0. The first-order chi connectivity index (χ1) is 13.1. The second-order valence-corrected chi connectivity index (χ2v) is 7.90. The first kappa shape index (κ1) is 26.2. The van der Waals surface area contributed by atoms with Gasteiger partial charge in [-0.1, -0.05) is 84.3 Å². The van der Waals surface area contributed by atoms with Crippen LogP contribution in [-0.2, 0) is 9.53 Å². The highest BCUT2D eigenvalue weighted by Gasteiger charge is 2.28. The quantitative estimate of drug-likeness (QED) is 0.148. The van der Waals surface area contributed by atoms with Crippen molar-refractivity contribution in [2.75, 3.05) is 6.54 Å². The summed E-state index contributed by atoms with van der Waals surface area (Å²) in [5, 5.41) is 0. The fraction of sp³-hybridized carbons (Fsp3) is 0.875. The van der Waals surface area contributed by atoms with Gasteiger partial charge >= 0.3 is 5.97 Å². The third kappa shape index (κ3) is 14.8. The molecular weight excluding hydrogens is 334 g/mol. The van der Waals surface area contributed by atoms with Crippen molar-refractivity contribution < 1.29 is 9.53 Å². The number of rotatable bonds is 19. The highest BCUT2D eigenvalue weighted by molar-refractivity contribution is 5.69. The molecule has 0 aliphatic carbocycles. The predicted octanol–water partition coefficient (Wildman–Crippen LogP) is 7.08. The fourth-order valence-corrected chi connectivity index (χ4v) is 3.36. The van der Waals surface area contributed by atoms with Crippen molar-refractivity contribution in [2.45, 2.75) is 129 Å². The monoisotopic (exact) mass is 381 g/mol. The van der Waals surface area contributed by atoms with Crippen molar-refractivity contribution in [2.24, 2.45) is 5.73 Å². The molecule has 0 saturated carbocycles. The van der Waals surface area contributed by atoms with E-state index in [2.05, 4.69) is 19.1 Å². The lowest BCUT2D eigenvalue weighted by Gasteiger charge is -2.30. The minimum atomic E-state index is -0.446. The first-order valence-electron chi connectivity index (χ1n) is 11.7. The number of allylic oxidation sites excluding steroid dienone is 2. The predicted molar refractivity (Wildman–Crippen MR) is 118 cm³/mol. The summed E-state index contributed by atoms with van der Waals surface area (Å²) in [5.74, 6) is -0.0817. The molecule has 0 aromatic rings. The molecule has 0 atom stereocenters. The number of hydrogen-bond donors (Lipinski definition) is 1. The van der Waals surface area contributed by atoms with Gasteiger partial charge in [0.1, 0.15) is 5.60 Å². The van der Waals surface area contributed by atoms with Crippen molar-refractivity contribution in [1.82, 2.24) is 0 Å². The molecular formula is C24H47NO2. The molecule has 0 bridgehead atoms. The van der Waals surface area contributed by atoms with Gasteiger partial charge in [0.15, 0.2) is 0 Å². The zero-order chi connectivity index (χ0) is 20.2. The number of carbonyl (C=O) groups excluding carboxylic acids is 1. The Bertz CT molecular complexity index is 353. The third-order valence-corrected chi connectivity index (χ3v) is 5.63. The lowest BCUT2D eigenvalue weighted by Crippen LogP contribution is -2.41. The molecule has 3 nitrogen and oxygen atoms in total. The molecule has 0 heterocycles. The Balaban J connectivity index is 3.46. The maximum Gasteiger partial charge on any atom is 0.306 e. The van der Waals surface area contributed by atoms with Crippen molar-refractivity contribution in [1.29, 1.82) is 0 Å². The molecule has 2 N–H and O–H groups in total. The van der Waals surface area contributed by atoms with Crippen molar-refractivity contribution in [3.8, 4) is 0 Å². The zero-order valence-corrected chi connectivity index (χ0v) is 18.6. The third-order valence-electron chi connectivity index (χ3n) is 5.63. The van der Waals surface area contributed by atoms with Gasteiger partial charge in [-0.2, -0.15) is 0 Å². The molecule has 27 heavy (non-hydrogen) atoms. The Hall–Kier alpha value is -0.830. The summed E-state index contributed by atoms with van der Waals surface area (Å²) in [4.78, 5) is 12.0. The number of ether oxygens (including phenoxy) is 1. The summed E-state index contributed by atoms with van der Waals surface area (Å²) in [6.45, 7) is 6.75. The molecule has 0 aliphatic rings. The maximum atomic E-state index is 12.0. The van der Waals surface area contributed by atoms with Crippen LogP contribution in [0.4, 0.5) is 0 Å². The highest BCUT2D eigenvalue weighted by atomic mass is 16.6. The number of esters is 1. The Morgan fingerprint density at radius 3 is 1.74 bits per heavy atom. The molecule has 0 radical (unpaired) electrons. The molecule has 0 amide bonds. The molecule has 160 valence electrons. The van der Waals surface area contributed by atoms with E-state index in [0.29, 0.717) is 13.0 Å². The minimum absolute atomic E-state index is 0.0817. The van der Waals surface area contributed by atoms with Crippen LogP contribution in [0.2, 0.25) is 0 Å². The van der Waals surface area contributed by atoms with Gasteiger partial charge in [-0.25, -0.2) is 0 Å². The second kappa shape index (κ2) is 18.5. The van der Waals surface area contributed by atoms with E-state index in [4.69, 9.17) is 10.5 Å². The molecule has 0 aliphatic heterocycles. The first-order valence-corrected chi connectivity index (χ1v) is 11.7. The Labute approximate surface area is 169 Å². The van der Waals surface area contributed by atoms with Crippen molar-refractivity contribution >= 4 is 5.97 Å². The van der Waals surface area contributed by atoms with E-state index in [1.807, 2.05) is 13.8 Å². The van der Waals surface area contributed by atoms with Crippen molar-refractivity contribution in [3.63, 3.8) is 0 Å². The van der Waals surface area contributed by atoms with Crippen LogP contribution in [0, 0.1) is 0 Å². The van der Waals surface area contributed by atoms with Gasteiger partial charge in [0.05, 0.1) is 0 Å². The second-order valence-electron chi connectivity index (χ2n) is 7.90. The van der Waals surface area contributed by atoms with Gasteiger partial charge < -0.3 is 10.5 Å². The van der Waals surface area contributed by atoms with Crippen LogP contribution in [0.5, 0.6) is 0 Å². The van der Waals surface area contributed by atoms with E-state index in [-0.39, 0.29) is 5.97 Å². The SMILES string of the molecule is CCCCCCCCC=CCCCCCCCC(=O)OC(CC)(CC)CN. The Kier molecular flexibility index (Phi) is 18.0. The van der Waals surface area contributed by atoms with Gasteiger partial charge in [0.2, 0.25) is 0 Å². The number of unbranched alkanes of at least 4 members (excludes halogenated alkanes) is 11. The summed E-state index contributed by atoms with van der Waals surface area (Å²) in [7, 11) is 0. The molecule has 0 aromatic heterocycles. The molecule has 0 rings (SSSR count). The number of carbonyl (C=O) groups is 1. The Morgan fingerprint density at radius 2 is 1.26 bits per heavy atom. The van der Waals surface area contributed by atoms with Gasteiger partial charge in [0, 0.05) is 13.0 Å². The summed E-state index contributed by atoms with van der Waals surface area (Å²) < 4.78 is 5.63. The number of nitrogens with two attached hydrogens (primary N) is 1. The summed E-state index contributed by atoms with van der Waals surface area (Å²) >= 11 is 0. The zero-order valence-electron chi connectivity index (χ0n) is 18.6. The largest absolute Gasteiger partial charge is 0.458 e. The summed E-state index contributed by atoms with van der Waals surface area (Å²) in [6, 6.07) is 0. The standard InChI is InChI=1S/C24H47NO2/c1-4-7-8-9-10-11-12-13-14-15-16-17-18-19-20-21-23(26)27-24(5-2,6-3)22-25/h13-14H,4-12,15-22,25H2,1-3H3. The van der Waals surface area contributed by atoms with E-state index < -0.39 is 5.60 Å². The average molecular weight is 382 g/mol. The smallest absolute Gasteiger partial charge is 0.306 e. The highest BCUT2D eigenvalue weighted by Crippen LogP contribution is 2.20. The van der Waals surface area contributed by atoms with Gasteiger partial charge in [0.25, 0.3) is 0 Å². The van der Waals surface area contributed by atoms with Gasteiger partial charge in [-0.05, 0) is 44.9 Å². The van der Waals surface area contributed by atoms with Crippen LogP contribution < -0.4 is 5.73 Å². The van der Waals surface area contributed by atoms with E-state index >= 15 is 0 Å². The molecule has 0 saturated heterocycles. The van der Waals surface area contributed by atoms with Crippen LogP contribution in [-0.4, -0.2) is 18.1 Å². The van der Waals surface area contributed by atoms with Crippen LogP contribution in [0.15, 0.2) is 12.2 Å². The molecule has 0 aromatic carbocycles. The van der Waals surface area contributed by atoms with E-state index in [9.17, 15) is 4.79 Å². The van der Waals surface area contributed by atoms with E-state index in [1.165, 1.54) is 70.6 Å². The van der Waals surface area contributed by atoms with E-state index in [0.717, 1.165) is 25.7 Å². The minimum Gasteiger partial charge on any atom is -0.458 e. The van der Waals surface area contributed by atoms with E-state index in [1.54, 1.807) is 0 Å². The molecule has 3 heteroatoms. The van der Waals surface area contributed by atoms with Crippen LogP contribution in [0.1, 0.15) is 124 Å². The fourth-order valence-electron chi connectivity index (χ4n) is 3.36. The summed E-state index contributed by atoms with van der Waals surface area (Å²) in [6.07, 6.45) is 23.3. The molecule has 0 fully saturated rings. The summed E-state index contributed by atoms with van der Waals surface area (Å²) in [5.41, 5.74) is 5.33. The number of hydrogen-bond acceptors (Lipinski definition) is 3. The topological polar surface area (TPSA) is 52.3 Å². The average Bonchev–Trinajstić information content (AvgIpc) is 2.69. The van der Waals surface area contributed by atoms with Crippen LogP contribution in [0.25, 0.3) is 0 Å². The lowest BCUT2D eigenvalue weighted by molar-refractivity contribution is -0.159. The van der Waals surface area contributed by atoms with Gasteiger partial charge in [-0.15, -0.1) is 0 Å². The van der Waals surface area contributed by atoms with Crippen LogP contribution in [0.3, 0.4) is 0 Å². The molecule has 0 unspecified atom stereocenters. The van der Waals surface area contributed by atoms with Crippen LogP contribution >= 0.6 is 0 Å². The van der Waals surface area contributed by atoms with Crippen molar-refractivity contribution in [3.05, 3.63) is 12.2 Å². The maximum absolute atomic E-state index is 12.0. The lowest BCUT2D eigenvalue weighted by atomic mass is 9.97. The molecule has 0 spiro atoms. The van der Waals surface area contributed by atoms with Gasteiger partial charge in [-0.3, -0.25) is 4.79 Å².